The van der Waals surface area contributed by atoms with E-state index in [1.807, 2.05) is 30.3 Å². The van der Waals surface area contributed by atoms with Crippen molar-refractivity contribution in [2.45, 2.75) is 43.0 Å². The summed E-state index contributed by atoms with van der Waals surface area (Å²) in [5.41, 5.74) is 10.8. The maximum atomic E-state index is 12.8. The molecule has 1 aromatic carbocycles. The third-order valence-corrected chi connectivity index (χ3v) is 8.61. The number of nitrogens with zero attached hydrogens (tertiary/aromatic N) is 2. The Morgan fingerprint density at radius 1 is 1.24 bits per heavy atom. The van der Waals surface area contributed by atoms with Crippen molar-refractivity contribution in [1.29, 1.82) is 0 Å². The molecule has 9 nitrogen and oxygen atoms in total. The summed E-state index contributed by atoms with van der Waals surface area (Å²) in [5.74, 6) is 5.13. The number of carbonyl (C=O) groups is 2. The van der Waals surface area contributed by atoms with Gasteiger partial charge in [0.25, 0.3) is 5.91 Å². The quantitative estimate of drug-likeness (QED) is 0.331. The van der Waals surface area contributed by atoms with Gasteiger partial charge in [-0.25, -0.2) is 18.7 Å². The van der Waals surface area contributed by atoms with E-state index in [0.717, 1.165) is 35.9 Å². The van der Waals surface area contributed by atoms with Crippen molar-refractivity contribution in [3.05, 3.63) is 58.9 Å². The third kappa shape index (κ3) is 4.27. The molecule has 1 aliphatic heterocycles. The van der Waals surface area contributed by atoms with E-state index in [0.29, 0.717) is 5.56 Å². The molecule has 10 heteroatoms. The lowest BCUT2D eigenvalue weighted by atomic mass is 10.0. The molecule has 4 N–H and O–H groups in total. The maximum absolute atomic E-state index is 12.8. The van der Waals surface area contributed by atoms with Gasteiger partial charge >= 0.3 is 6.03 Å². The summed E-state index contributed by atoms with van der Waals surface area (Å²) in [5, 5.41) is 8.93. The van der Waals surface area contributed by atoms with Crippen LogP contribution in [-0.4, -0.2) is 52.6 Å². The lowest BCUT2D eigenvalue weighted by molar-refractivity contribution is -0.131. The van der Waals surface area contributed by atoms with Crippen molar-refractivity contribution in [3.8, 4) is 11.8 Å². The molecule has 1 saturated carbocycles. The van der Waals surface area contributed by atoms with Gasteiger partial charge in [0, 0.05) is 41.4 Å². The molecular weight excluding hydrogens is 444 g/mol. The van der Waals surface area contributed by atoms with Gasteiger partial charge in [-0.15, -0.1) is 0 Å². The molecular formula is C23H26N4O5S. The SMILES string of the molecule is C[C@@](CCN1Cc2cc(C#Cc3ccc(C4(N)CC4)cc3)cn2C1=O)(C(=O)NO)S(C)(=O)=O. The van der Waals surface area contributed by atoms with Gasteiger partial charge in [-0.05, 0) is 49.9 Å². The van der Waals surface area contributed by atoms with Gasteiger partial charge in [0.2, 0.25) is 0 Å². The van der Waals surface area contributed by atoms with Crippen molar-refractivity contribution in [1.82, 2.24) is 14.9 Å². The molecule has 2 amide bonds. The van der Waals surface area contributed by atoms with Crippen molar-refractivity contribution in [3.63, 3.8) is 0 Å². The van der Waals surface area contributed by atoms with Crippen LogP contribution in [0.3, 0.4) is 0 Å². The Labute approximate surface area is 192 Å². The number of nitrogens with two attached hydrogens (primary N) is 1. The summed E-state index contributed by atoms with van der Waals surface area (Å²) < 4.78 is 23.8. The standard InChI is InChI=1S/C23H26N4O5S/c1-22(20(28)25-30,33(2,31)32)11-12-26-15-19-13-17(14-27(19)21(26)29)4-3-16-5-7-18(8-6-16)23(24)9-10-23/h5-8,13-14,30H,9-12,15,24H2,1-2H3,(H,25,28)/t22-/m1/s1. The van der Waals surface area contributed by atoms with Crippen LogP contribution in [0.4, 0.5) is 4.79 Å². The van der Waals surface area contributed by atoms with Gasteiger partial charge in [0.05, 0.1) is 6.54 Å². The topological polar surface area (TPSA) is 135 Å². The Morgan fingerprint density at radius 3 is 2.42 bits per heavy atom. The first-order chi connectivity index (χ1) is 15.5. The largest absolute Gasteiger partial charge is 0.328 e. The number of rotatable bonds is 6. The van der Waals surface area contributed by atoms with Crippen molar-refractivity contribution < 1.29 is 23.2 Å². The van der Waals surface area contributed by atoms with E-state index in [2.05, 4.69) is 11.8 Å². The second kappa shape index (κ2) is 8.02. The number of hydrogen-bond acceptors (Lipinski definition) is 6. The zero-order valence-electron chi connectivity index (χ0n) is 18.5. The predicted octanol–water partition coefficient (Wildman–Crippen LogP) is 1.32. The number of hydrogen-bond donors (Lipinski definition) is 3. The lowest BCUT2D eigenvalue weighted by Crippen LogP contribution is -2.50. The Kier molecular flexibility index (Phi) is 5.60. The van der Waals surface area contributed by atoms with E-state index >= 15 is 0 Å². The summed E-state index contributed by atoms with van der Waals surface area (Å²) >= 11 is 0. The molecule has 174 valence electrons. The molecule has 1 fully saturated rings. The molecule has 4 rings (SSSR count). The van der Waals surface area contributed by atoms with Crippen LogP contribution in [0.25, 0.3) is 0 Å². The zero-order chi connectivity index (χ0) is 24.0. The van der Waals surface area contributed by atoms with Gasteiger partial charge in [-0.1, -0.05) is 24.0 Å². The highest BCUT2D eigenvalue weighted by molar-refractivity contribution is 7.92. The number of sulfone groups is 1. The number of hydroxylamine groups is 1. The van der Waals surface area contributed by atoms with Gasteiger partial charge in [0.15, 0.2) is 14.6 Å². The predicted molar refractivity (Wildman–Crippen MR) is 121 cm³/mol. The fourth-order valence-corrected chi connectivity index (χ4v) is 4.70. The van der Waals surface area contributed by atoms with E-state index < -0.39 is 20.5 Å². The zero-order valence-corrected chi connectivity index (χ0v) is 19.3. The van der Waals surface area contributed by atoms with Crippen molar-refractivity contribution in [2.24, 2.45) is 5.73 Å². The number of amides is 2. The third-order valence-electron chi connectivity index (χ3n) is 6.59. The molecule has 2 aromatic rings. The molecule has 1 aliphatic carbocycles. The Bertz CT molecular complexity index is 1280. The van der Waals surface area contributed by atoms with Gasteiger partial charge < -0.3 is 10.6 Å². The highest BCUT2D eigenvalue weighted by Gasteiger charge is 2.44. The Morgan fingerprint density at radius 2 is 1.88 bits per heavy atom. The Hall–Kier alpha value is -3.13. The second-order valence-electron chi connectivity index (χ2n) is 8.97. The second-order valence-corrected chi connectivity index (χ2v) is 11.4. The highest BCUT2D eigenvalue weighted by Crippen LogP contribution is 2.42. The van der Waals surface area contributed by atoms with Crippen LogP contribution in [0.1, 0.15) is 48.6 Å². The Balaban J connectivity index is 1.42. The average Bonchev–Trinajstić information content (AvgIpc) is 3.29. The minimum Gasteiger partial charge on any atom is -0.321 e. The first-order valence-corrected chi connectivity index (χ1v) is 12.4. The van der Waals surface area contributed by atoms with Crippen LogP contribution in [0.2, 0.25) is 0 Å². The number of nitrogens with one attached hydrogen (secondary N) is 1. The van der Waals surface area contributed by atoms with Crippen LogP contribution in [0.15, 0.2) is 36.5 Å². The van der Waals surface area contributed by atoms with Crippen LogP contribution >= 0.6 is 0 Å². The fourth-order valence-electron chi connectivity index (χ4n) is 3.85. The summed E-state index contributed by atoms with van der Waals surface area (Å²) in [6, 6.07) is 9.37. The van der Waals surface area contributed by atoms with E-state index in [-0.39, 0.29) is 31.1 Å². The number of carbonyl (C=O) groups excluding carboxylic acids is 2. The highest BCUT2D eigenvalue weighted by atomic mass is 32.2. The first-order valence-electron chi connectivity index (χ1n) is 10.5. The average molecular weight is 471 g/mol. The van der Waals surface area contributed by atoms with E-state index in [1.54, 1.807) is 6.20 Å². The van der Waals surface area contributed by atoms with Crippen molar-refractivity contribution >= 4 is 21.8 Å². The summed E-state index contributed by atoms with van der Waals surface area (Å²) in [6.07, 6.45) is 4.43. The molecule has 0 radical (unpaired) electrons. The normalized spacial score (nSPS) is 18.2. The van der Waals surface area contributed by atoms with Crippen LogP contribution in [-0.2, 0) is 26.7 Å². The van der Waals surface area contributed by atoms with E-state index in [9.17, 15) is 18.0 Å². The van der Waals surface area contributed by atoms with Gasteiger partial charge in [-0.3, -0.25) is 14.6 Å². The minimum absolute atomic E-state index is 0.0352. The molecule has 33 heavy (non-hydrogen) atoms. The smallest absolute Gasteiger partial charge is 0.321 e. The first kappa shape index (κ1) is 23.0. The van der Waals surface area contributed by atoms with Crippen LogP contribution < -0.4 is 11.2 Å². The van der Waals surface area contributed by atoms with Crippen molar-refractivity contribution in [2.75, 3.05) is 12.8 Å². The molecule has 0 unspecified atom stereocenters. The molecule has 1 aromatic heterocycles. The number of benzene rings is 1. The fraction of sp³-hybridized carbons (Fsp3) is 0.391. The van der Waals surface area contributed by atoms with E-state index in [1.165, 1.54) is 21.9 Å². The minimum atomic E-state index is -3.83. The van der Waals surface area contributed by atoms with Gasteiger partial charge in [-0.2, -0.15) is 0 Å². The summed E-state index contributed by atoms with van der Waals surface area (Å²) in [7, 11) is -3.83. The monoisotopic (exact) mass is 470 g/mol. The van der Waals surface area contributed by atoms with Gasteiger partial charge in [0.1, 0.15) is 0 Å². The molecule has 2 aliphatic rings. The number of fused-ring (bicyclic) bond motifs is 1. The lowest BCUT2D eigenvalue weighted by Gasteiger charge is -2.27. The molecule has 0 saturated heterocycles. The molecule has 1 atom stereocenters. The van der Waals surface area contributed by atoms with E-state index in [4.69, 9.17) is 10.9 Å². The molecule has 2 heterocycles. The summed E-state index contributed by atoms with van der Waals surface area (Å²) in [4.78, 5) is 26.2. The number of aromatic nitrogens is 1. The van der Waals surface area contributed by atoms with Crippen LogP contribution in [0.5, 0.6) is 0 Å². The maximum Gasteiger partial charge on any atom is 0.328 e. The molecule has 0 bridgehead atoms. The summed E-state index contributed by atoms with van der Waals surface area (Å²) in [6.45, 7) is 1.54. The molecule has 0 spiro atoms. The van der Waals surface area contributed by atoms with Crippen LogP contribution in [0, 0.1) is 11.8 Å².